The molecule has 8 heterocycles. The second kappa shape index (κ2) is 14.3. The largest absolute Gasteiger partial charge is 0.363 e. The van der Waals surface area contributed by atoms with Gasteiger partial charge >= 0.3 is 0 Å². The number of pyridine rings is 7. The number of anilines is 6. The molecule has 9 aromatic rings. The summed E-state index contributed by atoms with van der Waals surface area (Å²) < 4.78 is 0. The van der Waals surface area contributed by atoms with Gasteiger partial charge in [-0.2, -0.15) is 0 Å². The molecule has 0 atom stereocenters. The Morgan fingerprint density at radius 2 is 1.31 bits per heavy atom. The lowest BCUT2D eigenvalue weighted by molar-refractivity contribution is -0.117. The first-order valence-corrected chi connectivity index (χ1v) is 18.9. The van der Waals surface area contributed by atoms with E-state index in [2.05, 4.69) is 31.7 Å². The molecular formula is C46H35N11O. The average molecular weight is 758 g/mol. The molecule has 1 aliphatic rings. The fourth-order valence-electron chi connectivity index (χ4n) is 7.44. The van der Waals surface area contributed by atoms with Gasteiger partial charge in [-0.05, 0) is 90.5 Å². The molecule has 0 aliphatic carbocycles. The maximum Gasteiger partial charge on any atom is 0.231 e. The van der Waals surface area contributed by atoms with E-state index in [0.29, 0.717) is 18.2 Å². The number of carbonyl (C=O) groups is 1. The monoisotopic (exact) mass is 757 g/mol. The van der Waals surface area contributed by atoms with E-state index in [9.17, 15) is 4.79 Å². The van der Waals surface area contributed by atoms with Crippen LogP contribution >= 0.6 is 0 Å². The van der Waals surface area contributed by atoms with Crippen LogP contribution in [-0.4, -0.2) is 54.9 Å². The van der Waals surface area contributed by atoms with Crippen LogP contribution in [0.4, 0.5) is 34.5 Å². The van der Waals surface area contributed by atoms with Crippen LogP contribution in [-0.2, 0) is 17.8 Å². The number of amides is 1. The van der Waals surface area contributed by atoms with Crippen molar-refractivity contribution in [1.82, 2.24) is 34.9 Å². The Kier molecular flexibility index (Phi) is 8.55. The Labute approximate surface area is 333 Å². The zero-order valence-corrected chi connectivity index (χ0v) is 31.6. The van der Waals surface area contributed by atoms with Crippen molar-refractivity contribution in [1.29, 1.82) is 0 Å². The number of nitrogens with one attached hydrogen (secondary N) is 2. The van der Waals surface area contributed by atoms with Gasteiger partial charge in [0, 0.05) is 89.8 Å². The minimum Gasteiger partial charge on any atom is -0.363 e. The molecule has 0 saturated carbocycles. The highest BCUT2D eigenvalue weighted by atomic mass is 16.2. The molecule has 12 nitrogen and oxygen atoms in total. The maximum absolute atomic E-state index is 13.6. The zero-order chi connectivity index (χ0) is 39.2. The van der Waals surface area contributed by atoms with E-state index >= 15 is 0 Å². The molecule has 2 aromatic carbocycles. The summed E-state index contributed by atoms with van der Waals surface area (Å²) >= 11 is 0. The summed E-state index contributed by atoms with van der Waals surface area (Å²) in [4.78, 5) is 50.4. The summed E-state index contributed by atoms with van der Waals surface area (Å²) in [5.41, 5.74) is 10.1. The van der Waals surface area contributed by atoms with Crippen molar-refractivity contribution >= 4 is 73.1 Å². The number of nitrogens with zero attached hydrogens (tertiary/aromatic N) is 9. The highest BCUT2D eigenvalue weighted by molar-refractivity contribution is 6.02. The molecule has 1 amide bonds. The number of hydrogen-bond acceptors (Lipinski definition) is 11. The van der Waals surface area contributed by atoms with Crippen LogP contribution in [0.5, 0.6) is 0 Å². The second-order valence-corrected chi connectivity index (χ2v) is 14.3. The first-order chi connectivity index (χ1) is 28.4. The number of hydrogen-bond donors (Lipinski definition) is 2. The molecule has 1 aliphatic heterocycles. The molecule has 0 unspecified atom stereocenters. The van der Waals surface area contributed by atoms with Gasteiger partial charge in [0.15, 0.2) is 0 Å². The lowest BCUT2D eigenvalue weighted by atomic mass is 10.1. The average Bonchev–Trinajstić information content (AvgIpc) is 3.56. The van der Waals surface area contributed by atoms with E-state index in [1.807, 2.05) is 122 Å². The molecule has 58 heavy (non-hydrogen) atoms. The van der Waals surface area contributed by atoms with Crippen LogP contribution in [0.2, 0.25) is 0 Å². The summed E-state index contributed by atoms with van der Waals surface area (Å²) in [6.45, 7) is 0.311. The van der Waals surface area contributed by atoms with Crippen LogP contribution in [0.3, 0.4) is 0 Å². The number of fused-ring (bicyclic) bond motifs is 4. The molecule has 12 heteroatoms. The fraction of sp³-hybridized carbons (Fsp3) is 0.0870. The molecular weight excluding hydrogens is 723 g/mol. The molecule has 0 bridgehead atoms. The molecule has 0 fully saturated rings. The van der Waals surface area contributed by atoms with E-state index in [0.717, 1.165) is 89.4 Å². The van der Waals surface area contributed by atoms with E-state index in [-0.39, 0.29) is 12.3 Å². The number of rotatable bonds is 9. The van der Waals surface area contributed by atoms with Gasteiger partial charge in [-0.3, -0.25) is 24.7 Å². The second-order valence-electron chi connectivity index (χ2n) is 14.3. The molecule has 280 valence electrons. The first-order valence-electron chi connectivity index (χ1n) is 18.9. The normalized spacial score (nSPS) is 12.3. The highest BCUT2D eigenvalue weighted by Crippen LogP contribution is 2.36. The lowest BCUT2D eigenvalue weighted by Crippen LogP contribution is -2.26. The minimum absolute atomic E-state index is 0.00741. The van der Waals surface area contributed by atoms with E-state index in [1.54, 1.807) is 35.9 Å². The summed E-state index contributed by atoms with van der Waals surface area (Å²) in [6, 6.07) is 35.7. The quantitative estimate of drug-likeness (QED) is 0.146. The fourth-order valence-corrected chi connectivity index (χ4v) is 7.44. The van der Waals surface area contributed by atoms with Gasteiger partial charge in [0.25, 0.3) is 0 Å². The summed E-state index contributed by atoms with van der Waals surface area (Å²) in [6.07, 6.45) is 9.11. The number of para-hydroxylation sites is 1. The van der Waals surface area contributed by atoms with Crippen LogP contribution < -0.4 is 20.4 Å². The van der Waals surface area contributed by atoms with Gasteiger partial charge in [-0.15, -0.1) is 0 Å². The van der Waals surface area contributed by atoms with Crippen molar-refractivity contribution in [2.24, 2.45) is 0 Å². The number of aromatic nitrogens is 7. The van der Waals surface area contributed by atoms with Crippen LogP contribution in [0.1, 0.15) is 11.3 Å². The number of carbonyl (C=O) groups excluding carboxylic acids is 1. The zero-order valence-electron chi connectivity index (χ0n) is 31.6. The van der Waals surface area contributed by atoms with Crippen LogP contribution in [0.15, 0.2) is 140 Å². The molecule has 2 N–H and O–H groups in total. The van der Waals surface area contributed by atoms with Crippen LogP contribution in [0, 0.1) is 0 Å². The predicted octanol–water partition coefficient (Wildman–Crippen LogP) is 8.89. The predicted molar refractivity (Wildman–Crippen MR) is 230 cm³/mol. The lowest BCUT2D eigenvalue weighted by Gasteiger charge is -2.18. The van der Waals surface area contributed by atoms with Gasteiger partial charge in [0.1, 0.15) is 17.5 Å². The third-order valence-corrected chi connectivity index (χ3v) is 10.3. The highest BCUT2D eigenvalue weighted by Gasteiger charge is 2.28. The van der Waals surface area contributed by atoms with Crippen molar-refractivity contribution in [3.63, 3.8) is 0 Å². The van der Waals surface area contributed by atoms with Crippen molar-refractivity contribution in [2.45, 2.75) is 13.0 Å². The smallest absolute Gasteiger partial charge is 0.231 e. The van der Waals surface area contributed by atoms with Crippen LogP contribution in [0.25, 0.3) is 55.2 Å². The van der Waals surface area contributed by atoms with Gasteiger partial charge in [-0.25, -0.2) is 15.0 Å². The van der Waals surface area contributed by atoms with Crippen molar-refractivity contribution < 1.29 is 4.79 Å². The molecule has 7 aromatic heterocycles. The Balaban J connectivity index is 0.939. The number of benzene rings is 2. The Morgan fingerprint density at radius 3 is 2.07 bits per heavy atom. The van der Waals surface area contributed by atoms with E-state index < -0.39 is 0 Å². The van der Waals surface area contributed by atoms with E-state index in [4.69, 9.17) is 19.9 Å². The molecule has 0 saturated heterocycles. The standard InChI is InChI=1S/C46H35N11O/c1-56(2)43-26-41(33-7-3-4-10-36(33)52-43)55-46-35-9-6-17-50-40(35)25-38(54-46)29-15-20-48-32(21-29)27-57-42-12-11-31(22-30(42)23-44(57)58)51-45-34-8-5-16-49-39(34)24-37(53-45)28-13-18-47-19-14-28/h3-22,24-26H,23,27H2,1-2H3,(H,51,53)(H,52,54,55). The van der Waals surface area contributed by atoms with Crippen molar-refractivity contribution in [3.8, 4) is 22.5 Å². The summed E-state index contributed by atoms with van der Waals surface area (Å²) in [5, 5.41) is 9.91. The Morgan fingerprint density at radius 1 is 0.621 bits per heavy atom. The Hall–Kier alpha value is -7.86. The minimum atomic E-state index is 0.00741. The topological polar surface area (TPSA) is 138 Å². The SMILES string of the molecule is CN(C)c1cc(Nc2nc(-c3ccnc(CN4C(=O)Cc5cc(Nc6nc(-c7ccncc7)cc7ncccc67)ccc54)c3)cc3ncccc23)c2ccccc2n1. The third kappa shape index (κ3) is 6.52. The van der Waals surface area contributed by atoms with Crippen molar-refractivity contribution in [3.05, 3.63) is 151 Å². The first kappa shape index (κ1) is 34.6. The molecule has 0 spiro atoms. The van der Waals surface area contributed by atoms with E-state index in [1.165, 1.54) is 0 Å². The van der Waals surface area contributed by atoms with Gasteiger partial charge in [-0.1, -0.05) is 18.2 Å². The maximum atomic E-state index is 13.6. The molecule has 10 rings (SSSR count). The van der Waals surface area contributed by atoms with Crippen molar-refractivity contribution in [2.75, 3.05) is 34.5 Å². The molecule has 0 radical (unpaired) electrons. The van der Waals surface area contributed by atoms with Gasteiger partial charge in [0.2, 0.25) is 5.91 Å². The third-order valence-electron chi connectivity index (χ3n) is 10.3. The summed E-state index contributed by atoms with van der Waals surface area (Å²) in [7, 11) is 3.96. The Bertz CT molecular complexity index is 3040. The summed E-state index contributed by atoms with van der Waals surface area (Å²) in [5.74, 6) is 2.20. The van der Waals surface area contributed by atoms with Gasteiger partial charge < -0.3 is 20.4 Å². The van der Waals surface area contributed by atoms with Gasteiger partial charge in [0.05, 0.1) is 52.3 Å².